The number of nitrogen functional groups attached to an aromatic ring is 1. The summed E-state index contributed by atoms with van der Waals surface area (Å²) < 4.78 is 5.39. The summed E-state index contributed by atoms with van der Waals surface area (Å²) in [7, 11) is 0. The Hall–Kier alpha value is -2.56. The molecule has 5 heteroatoms. The van der Waals surface area contributed by atoms with Gasteiger partial charge in [0.05, 0.1) is 12.1 Å². The molecule has 108 valence electrons. The Morgan fingerprint density at radius 3 is 2.76 bits per heavy atom. The fraction of sp³-hybridized carbons (Fsp3) is 0.250. The molecule has 3 aromatic rings. The van der Waals surface area contributed by atoms with Crippen LogP contribution in [0.2, 0.25) is 0 Å². The highest BCUT2D eigenvalue weighted by molar-refractivity contribution is 5.71. The Labute approximate surface area is 123 Å². The summed E-state index contributed by atoms with van der Waals surface area (Å²) in [4.78, 5) is 12.2. The Balaban J connectivity index is 1.77. The second-order valence-corrected chi connectivity index (χ2v) is 4.84. The lowest BCUT2D eigenvalue weighted by atomic mass is 10.1. The number of pyridine rings is 1. The molecule has 2 heterocycles. The zero-order valence-corrected chi connectivity index (χ0v) is 12.0. The number of aromatic amines is 1. The monoisotopic (exact) mass is 282 g/mol. The average molecular weight is 282 g/mol. The Morgan fingerprint density at radius 1 is 1.10 bits per heavy atom. The number of para-hydroxylation sites is 1. The van der Waals surface area contributed by atoms with Crippen molar-refractivity contribution in [1.82, 2.24) is 15.0 Å². The Kier molecular flexibility index (Phi) is 3.73. The largest absolute Gasteiger partial charge is 0.478 e. The first-order chi connectivity index (χ1) is 10.3. The third-order valence-electron chi connectivity index (χ3n) is 3.35. The molecule has 0 bridgehead atoms. The highest BCUT2D eigenvalue weighted by Crippen LogP contribution is 2.17. The molecule has 0 atom stereocenters. The quantitative estimate of drug-likeness (QED) is 0.705. The lowest BCUT2D eigenvalue weighted by Gasteiger charge is -2.03. The van der Waals surface area contributed by atoms with E-state index in [4.69, 9.17) is 10.5 Å². The zero-order valence-electron chi connectivity index (χ0n) is 12.0. The van der Waals surface area contributed by atoms with E-state index in [1.54, 1.807) is 0 Å². The number of benzene rings is 1. The minimum Gasteiger partial charge on any atom is -0.478 e. The normalized spacial score (nSPS) is 10.9. The van der Waals surface area contributed by atoms with Crippen LogP contribution in [0.4, 0.5) is 5.69 Å². The highest BCUT2D eigenvalue weighted by atomic mass is 16.5. The highest BCUT2D eigenvalue weighted by Gasteiger charge is 2.07. The summed E-state index contributed by atoms with van der Waals surface area (Å²) in [6, 6.07) is 11.7. The molecule has 0 aliphatic rings. The number of hydrogen-bond donors (Lipinski definition) is 2. The molecule has 5 nitrogen and oxygen atoms in total. The van der Waals surface area contributed by atoms with Crippen molar-refractivity contribution < 1.29 is 4.74 Å². The van der Waals surface area contributed by atoms with Gasteiger partial charge in [-0.25, -0.2) is 4.98 Å². The van der Waals surface area contributed by atoms with E-state index in [1.165, 1.54) is 0 Å². The summed E-state index contributed by atoms with van der Waals surface area (Å²) in [5.41, 5.74) is 9.53. The summed E-state index contributed by atoms with van der Waals surface area (Å²) in [6.07, 6.45) is 1.65. The van der Waals surface area contributed by atoms with E-state index in [2.05, 4.69) is 15.0 Å². The number of hydrogen-bond acceptors (Lipinski definition) is 4. The van der Waals surface area contributed by atoms with Crippen LogP contribution in [-0.2, 0) is 12.8 Å². The fourth-order valence-corrected chi connectivity index (χ4v) is 2.29. The van der Waals surface area contributed by atoms with Crippen molar-refractivity contribution in [1.29, 1.82) is 0 Å². The Morgan fingerprint density at radius 2 is 1.95 bits per heavy atom. The molecule has 3 N–H and O–H groups in total. The predicted molar refractivity (Wildman–Crippen MR) is 83.3 cm³/mol. The fourth-order valence-electron chi connectivity index (χ4n) is 2.29. The van der Waals surface area contributed by atoms with Crippen LogP contribution in [-0.4, -0.2) is 21.6 Å². The van der Waals surface area contributed by atoms with Gasteiger partial charge in [0.2, 0.25) is 5.88 Å². The van der Waals surface area contributed by atoms with Gasteiger partial charge in [0, 0.05) is 18.2 Å². The van der Waals surface area contributed by atoms with E-state index in [0.29, 0.717) is 18.1 Å². The van der Waals surface area contributed by atoms with E-state index < -0.39 is 0 Å². The number of anilines is 1. The van der Waals surface area contributed by atoms with E-state index in [-0.39, 0.29) is 0 Å². The number of aromatic nitrogens is 3. The number of ether oxygens (including phenoxy) is 1. The molecule has 21 heavy (non-hydrogen) atoms. The van der Waals surface area contributed by atoms with E-state index in [1.807, 2.05) is 43.3 Å². The summed E-state index contributed by atoms with van der Waals surface area (Å²) in [6.45, 7) is 2.54. The van der Waals surface area contributed by atoms with Gasteiger partial charge in [-0.2, -0.15) is 4.98 Å². The van der Waals surface area contributed by atoms with Crippen LogP contribution in [0.3, 0.4) is 0 Å². The van der Waals surface area contributed by atoms with Crippen molar-refractivity contribution in [3.05, 3.63) is 47.8 Å². The lowest BCUT2D eigenvalue weighted by Crippen LogP contribution is -1.98. The number of aryl methyl sites for hydroxylation is 2. The van der Waals surface area contributed by atoms with Gasteiger partial charge in [-0.05, 0) is 31.0 Å². The van der Waals surface area contributed by atoms with Crippen LogP contribution in [0.25, 0.3) is 11.2 Å². The maximum Gasteiger partial charge on any atom is 0.215 e. The van der Waals surface area contributed by atoms with Crippen molar-refractivity contribution in [2.75, 3.05) is 12.3 Å². The van der Waals surface area contributed by atoms with Gasteiger partial charge >= 0.3 is 0 Å². The molecule has 0 unspecified atom stereocenters. The van der Waals surface area contributed by atoms with Crippen molar-refractivity contribution in [2.45, 2.75) is 19.8 Å². The Bertz CT molecular complexity index is 751. The maximum absolute atomic E-state index is 5.95. The summed E-state index contributed by atoms with van der Waals surface area (Å²) in [5.74, 6) is 1.52. The average Bonchev–Trinajstić information content (AvgIpc) is 2.89. The molecule has 0 saturated heterocycles. The standard InChI is InChI=1S/C16H18N4O/c1-2-21-15-10-8-13-16(20-15)19-14(18-13)9-7-11-5-3-4-6-12(11)17/h3-6,8,10H,2,7,9,17H2,1H3,(H,18,19,20). The van der Waals surface area contributed by atoms with Gasteiger partial charge in [0.25, 0.3) is 0 Å². The van der Waals surface area contributed by atoms with Gasteiger partial charge in [-0.15, -0.1) is 0 Å². The number of imidazole rings is 1. The van der Waals surface area contributed by atoms with Crippen LogP contribution in [0.1, 0.15) is 18.3 Å². The molecule has 0 amide bonds. The predicted octanol–water partition coefficient (Wildman–Crippen LogP) is 2.72. The third-order valence-corrected chi connectivity index (χ3v) is 3.35. The van der Waals surface area contributed by atoms with E-state index in [9.17, 15) is 0 Å². The van der Waals surface area contributed by atoms with Crippen LogP contribution < -0.4 is 10.5 Å². The van der Waals surface area contributed by atoms with E-state index in [0.717, 1.165) is 35.4 Å². The van der Waals surface area contributed by atoms with Gasteiger partial charge in [-0.1, -0.05) is 18.2 Å². The first-order valence-corrected chi connectivity index (χ1v) is 7.08. The number of nitrogens with two attached hydrogens (primary N) is 1. The van der Waals surface area contributed by atoms with E-state index >= 15 is 0 Å². The second-order valence-electron chi connectivity index (χ2n) is 4.84. The molecular weight excluding hydrogens is 264 g/mol. The number of H-pyrrole nitrogens is 1. The van der Waals surface area contributed by atoms with Crippen molar-refractivity contribution in [3.8, 4) is 5.88 Å². The van der Waals surface area contributed by atoms with Crippen molar-refractivity contribution in [3.63, 3.8) is 0 Å². The molecule has 0 aliphatic carbocycles. The third kappa shape index (κ3) is 2.97. The van der Waals surface area contributed by atoms with Crippen LogP contribution in [0.5, 0.6) is 5.88 Å². The number of nitrogens with one attached hydrogen (secondary N) is 1. The number of fused-ring (bicyclic) bond motifs is 1. The second kappa shape index (κ2) is 5.83. The molecule has 0 saturated carbocycles. The maximum atomic E-state index is 5.95. The number of nitrogens with zero attached hydrogens (tertiary/aromatic N) is 2. The molecule has 3 rings (SSSR count). The lowest BCUT2D eigenvalue weighted by molar-refractivity contribution is 0.328. The topological polar surface area (TPSA) is 76.8 Å². The van der Waals surface area contributed by atoms with Gasteiger partial charge in [0.1, 0.15) is 5.82 Å². The first-order valence-electron chi connectivity index (χ1n) is 7.08. The molecule has 0 fully saturated rings. The van der Waals surface area contributed by atoms with Crippen molar-refractivity contribution >= 4 is 16.9 Å². The molecule has 1 aromatic carbocycles. The zero-order chi connectivity index (χ0) is 14.7. The first kappa shape index (κ1) is 13.4. The van der Waals surface area contributed by atoms with Crippen molar-refractivity contribution in [2.24, 2.45) is 0 Å². The number of rotatable bonds is 5. The van der Waals surface area contributed by atoms with Crippen LogP contribution in [0.15, 0.2) is 36.4 Å². The SMILES string of the molecule is CCOc1ccc2[nH]c(CCc3ccccc3N)nc2n1. The van der Waals surface area contributed by atoms with Gasteiger partial charge in [0.15, 0.2) is 5.65 Å². The van der Waals surface area contributed by atoms with Gasteiger partial charge in [-0.3, -0.25) is 0 Å². The summed E-state index contributed by atoms with van der Waals surface area (Å²) >= 11 is 0. The van der Waals surface area contributed by atoms with Crippen LogP contribution >= 0.6 is 0 Å². The minimum atomic E-state index is 0.600. The molecule has 0 spiro atoms. The van der Waals surface area contributed by atoms with Crippen LogP contribution in [0, 0.1) is 0 Å². The summed E-state index contributed by atoms with van der Waals surface area (Å²) in [5, 5.41) is 0. The van der Waals surface area contributed by atoms with Gasteiger partial charge < -0.3 is 15.5 Å². The molecule has 0 aliphatic heterocycles. The smallest absolute Gasteiger partial charge is 0.215 e. The molecule has 2 aromatic heterocycles. The molecule has 0 radical (unpaired) electrons. The minimum absolute atomic E-state index is 0.600. The molecular formula is C16H18N4O.